The molecule has 4 aromatic carbocycles. The van der Waals surface area contributed by atoms with Gasteiger partial charge in [0.25, 0.3) is 0 Å². The Morgan fingerprint density at radius 3 is 1.17 bits per heavy atom. The molecule has 14 nitrogen and oxygen atoms in total. The zero-order valence-corrected chi connectivity index (χ0v) is 17.8. The van der Waals surface area contributed by atoms with Gasteiger partial charge in [-0.15, -0.1) is 0 Å². The quantitative estimate of drug-likeness (QED) is 0.206. The van der Waals surface area contributed by atoms with Crippen LogP contribution in [0.15, 0.2) is 72.8 Å². The van der Waals surface area contributed by atoms with Crippen LogP contribution in [0.1, 0.15) is 0 Å². The Balaban J connectivity index is 1.71. The standard InChI is InChI=1S/C22H12N4O10/c27-23(28)17-9-7-13(11-19(17)25(31)32)35-21-5-1-3-15-16(21)4-2-6-22(15)36-14-8-10-18(24(29)30)20(12-14)26(33)34/h1-12H. The Hall–Kier alpha value is -5.66. The number of ether oxygens (including phenoxy) is 2. The van der Waals surface area contributed by atoms with Crippen LogP contribution < -0.4 is 9.47 Å². The topological polar surface area (TPSA) is 191 Å². The number of fused-ring (bicyclic) bond motifs is 1. The van der Waals surface area contributed by atoms with Gasteiger partial charge >= 0.3 is 22.7 Å². The van der Waals surface area contributed by atoms with E-state index in [0.29, 0.717) is 10.8 Å². The molecule has 0 aromatic heterocycles. The molecule has 0 N–H and O–H groups in total. The van der Waals surface area contributed by atoms with E-state index < -0.39 is 42.4 Å². The smallest absolute Gasteiger partial charge is 0.349 e. The van der Waals surface area contributed by atoms with Crippen molar-refractivity contribution in [2.45, 2.75) is 0 Å². The maximum absolute atomic E-state index is 11.2. The Bertz CT molecular complexity index is 1450. The second-order valence-corrected chi connectivity index (χ2v) is 7.14. The maximum Gasteiger partial charge on any atom is 0.349 e. The van der Waals surface area contributed by atoms with Crippen LogP contribution in [-0.4, -0.2) is 19.7 Å². The molecule has 4 aromatic rings. The van der Waals surface area contributed by atoms with E-state index >= 15 is 0 Å². The molecule has 0 heterocycles. The van der Waals surface area contributed by atoms with Crippen LogP contribution in [0.4, 0.5) is 22.7 Å². The van der Waals surface area contributed by atoms with Gasteiger partial charge in [0.05, 0.1) is 31.8 Å². The number of benzene rings is 4. The number of nitro benzene ring substituents is 4. The molecule has 36 heavy (non-hydrogen) atoms. The fourth-order valence-corrected chi connectivity index (χ4v) is 3.42. The van der Waals surface area contributed by atoms with E-state index in [0.717, 1.165) is 24.3 Å². The summed E-state index contributed by atoms with van der Waals surface area (Å²) < 4.78 is 11.5. The highest BCUT2D eigenvalue weighted by molar-refractivity contribution is 5.93. The molecule has 180 valence electrons. The fraction of sp³-hybridized carbons (Fsp3) is 0. The van der Waals surface area contributed by atoms with Crippen LogP contribution in [0.2, 0.25) is 0 Å². The van der Waals surface area contributed by atoms with Crippen LogP contribution >= 0.6 is 0 Å². The number of nitro groups is 4. The zero-order chi connectivity index (χ0) is 26.0. The molecule has 0 bridgehead atoms. The van der Waals surface area contributed by atoms with Gasteiger partial charge in [-0.25, -0.2) is 0 Å². The van der Waals surface area contributed by atoms with Gasteiger partial charge in [0, 0.05) is 22.9 Å². The molecule has 0 saturated heterocycles. The van der Waals surface area contributed by atoms with Gasteiger partial charge in [-0.1, -0.05) is 24.3 Å². The van der Waals surface area contributed by atoms with Crippen molar-refractivity contribution in [3.63, 3.8) is 0 Å². The molecule has 0 unspecified atom stereocenters. The molecule has 0 atom stereocenters. The van der Waals surface area contributed by atoms with E-state index in [4.69, 9.17) is 9.47 Å². The predicted molar refractivity (Wildman–Crippen MR) is 124 cm³/mol. The van der Waals surface area contributed by atoms with Crippen LogP contribution in [-0.2, 0) is 0 Å². The summed E-state index contributed by atoms with van der Waals surface area (Å²) >= 11 is 0. The summed E-state index contributed by atoms with van der Waals surface area (Å²) in [5, 5.41) is 45.5. The van der Waals surface area contributed by atoms with Crippen molar-refractivity contribution < 1.29 is 29.2 Å². The Morgan fingerprint density at radius 2 is 0.833 bits per heavy atom. The molecule has 0 aliphatic rings. The van der Waals surface area contributed by atoms with E-state index in [9.17, 15) is 40.5 Å². The van der Waals surface area contributed by atoms with E-state index in [1.165, 1.54) is 12.1 Å². The first-order valence-corrected chi connectivity index (χ1v) is 9.89. The number of hydrogen-bond acceptors (Lipinski definition) is 10. The van der Waals surface area contributed by atoms with Crippen molar-refractivity contribution in [2.75, 3.05) is 0 Å². The Labute approximate surface area is 199 Å². The highest BCUT2D eigenvalue weighted by Gasteiger charge is 2.26. The lowest BCUT2D eigenvalue weighted by Crippen LogP contribution is -1.97. The van der Waals surface area contributed by atoms with Crippen molar-refractivity contribution in [3.05, 3.63) is 113 Å². The molecule has 0 spiro atoms. The summed E-state index contributed by atoms with van der Waals surface area (Å²) in [6, 6.07) is 15.9. The molecule has 0 saturated carbocycles. The molecular formula is C22H12N4O10. The van der Waals surface area contributed by atoms with E-state index in [2.05, 4.69) is 0 Å². The second-order valence-electron chi connectivity index (χ2n) is 7.14. The monoisotopic (exact) mass is 492 g/mol. The third kappa shape index (κ3) is 4.54. The largest absolute Gasteiger partial charge is 0.456 e. The number of nitrogens with zero attached hydrogens (tertiary/aromatic N) is 4. The first kappa shape index (κ1) is 23.5. The Morgan fingerprint density at radius 1 is 0.472 bits per heavy atom. The summed E-state index contributed by atoms with van der Waals surface area (Å²) in [6.07, 6.45) is 0. The molecular weight excluding hydrogens is 480 g/mol. The summed E-state index contributed by atoms with van der Waals surface area (Å²) in [7, 11) is 0. The fourth-order valence-electron chi connectivity index (χ4n) is 3.42. The van der Waals surface area contributed by atoms with E-state index in [1.54, 1.807) is 36.4 Å². The second kappa shape index (κ2) is 9.30. The van der Waals surface area contributed by atoms with Gasteiger partial charge in [0.2, 0.25) is 0 Å². The Kier molecular flexibility index (Phi) is 6.07. The molecule has 14 heteroatoms. The maximum atomic E-state index is 11.2. The summed E-state index contributed by atoms with van der Waals surface area (Å²) in [5.74, 6) is 0.459. The third-order valence-electron chi connectivity index (χ3n) is 4.98. The van der Waals surface area contributed by atoms with Gasteiger partial charge in [-0.3, -0.25) is 40.5 Å². The lowest BCUT2D eigenvalue weighted by molar-refractivity contribution is -0.422. The van der Waals surface area contributed by atoms with E-state index in [-0.39, 0.29) is 23.0 Å². The summed E-state index contributed by atoms with van der Waals surface area (Å²) in [6.45, 7) is 0. The van der Waals surface area contributed by atoms with Gasteiger partial charge < -0.3 is 9.47 Å². The molecule has 0 fully saturated rings. The van der Waals surface area contributed by atoms with Crippen molar-refractivity contribution in [1.82, 2.24) is 0 Å². The van der Waals surface area contributed by atoms with Crippen LogP contribution in [0, 0.1) is 40.5 Å². The lowest BCUT2D eigenvalue weighted by Gasteiger charge is -2.12. The first-order valence-electron chi connectivity index (χ1n) is 9.89. The molecule has 0 aliphatic carbocycles. The molecule has 0 amide bonds. The van der Waals surface area contributed by atoms with E-state index in [1.807, 2.05) is 0 Å². The minimum atomic E-state index is -0.885. The average molecular weight is 492 g/mol. The van der Waals surface area contributed by atoms with Gasteiger partial charge in [-0.05, 0) is 24.3 Å². The summed E-state index contributed by atoms with van der Waals surface area (Å²) in [5.41, 5.74) is -2.83. The molecule has 4 rings (SSSR count). The van der Waals surface area contributed by atoms with Crippen molar-refractivity contribution in [3.8, 4) is 23.0 Å². The first-order chi connectivity index (χ1) is 17.2. The molecule has 0 radical (unpaired) electrons. The predicted octanol–water partition coefficient (Wildman–Crippen LogP) is 6.06. The van der Waals surface area contributed by atoms with Crippen LogP contribution in [0.3, 0.4) is 0 Å². The SMILES string of the molecule is O=[N+]([O-])c1ccc(Oc2cccc3c(Oc4ccc([N+](=O)[O-])c([N+](=O)[O-])c4)cccc23)cc1[N+](=O)[O-]. The highest BCUT2D eigenvalue weighted by atomic mass is 16.6. The average Bonchev–Trinajstić information content (AvgIpc) is 2.84. The number of hydrogen-bond donors (Lipinski definition) is 0. The minimum absolute atomic E-state index is 0.0166. The summed E-state index contributed by atoms with van der Waals surface area (Å²) in [4.78, 5) is 41.1. The van der Waals surface area contributed by atoms with Crippen LogP contribution in [0.25, 0.3) is 10.8 Å². The van der Waals surface area contributed by atoms with Crippen molar-refractivity contribution in [2.24, 2.45) is 0 Å². The zero-order valence-electron chi connectivity index (χ0n) is 17.8. The third-order valence-corrected chi connectivity index (χ3v) is 4.98. The van der Waals surface area contributed by atoms with Gasteiger partial charge in [0.15, 0.2) is 0 Å². The highest BCUT2D eigenvalue weighted by Crippen LogP contribution is 2.39. The van der Waals surface area contributed by atoms with Crippen molar-refractivity contribution in [1.29, 1.82) is 0 Å². The van der Waals surface area contributed by atoms with Gasteiger partial charge in [0.1, 0.15) is 23.0 Å². The minimum Gasteiger partial charge on any atom is -0.456 e. The molecule has 0 aliphatic heterocycles. The lowest BCUT2D eigenvalue weighted by atomic mass is 10.1. The van der Waals surface area contributed by atoms with Gasteiger partial charge in [-0.2, -0.15) is 0 Å². The van der Waals surface area contributed by atoms with Crippen LogP contribution in [0.5, 0.6) is 23.0 Å². The number of rotatable bonds is 8. The van der Waals surface area contributed by atoms with Crippen molar-refractivity contribution >= 4 is 33.5 Å². The normalized spacial score (nSPS) is 10.6.